The van der Waals surface area contributed by atoms with E-state index >= 15 is 0 Å². The second-order valence-electron chi connectivity index (χ2n) is 5.39. The minimum Gasteiger partial charge on any atom is -0.478 e. The van der Waals surface area contributed by atoms with E-state index in [-0.39, 0.29) is 35.5 Å². The molecule has 0 aliphatic heterocycles. The van der Waals surface area contributed by atoms with Crippen LogP contribution in [0.2, 0.25) is 0 Å². The number of carboxylic acids is 4. The van der Waals surface area contributed by atoms with Crippen molar-refractivity contribution in [3.63, 3.8) is 0 Å². The summed E-state index contributed by atoms with van der Waals surface area (Å²) in [6, 6.07) is 5.48. The van der Waals surface area contributed by atoms with Crippen LogP contribution in [0, 0.1) is 0 Å². The fourth-order valence-corrected chi connectivity index (χ4v) is 1.09. The third kappa shape index (κ3) is 21.0. The van der Waals surface area contributed by atoms with E-state index in [1.807, 2.05) is 0 Å². The standard InChI is InChI=1S/C8H6O4.C4H10O3.2C4H6O2/c9-7(10)5-3-1-2-4-6(5)8(11)12;5-1-3-7-4-2-6;2*1-3(2)4(5)6/h1-4H,(H,9,10)(H,11,12);5-6H,1-4H2;2*1H2,2H3,(H,5,6). The fraction of sp³-hybridized carbons (Fsp3) is 0.300. The first kappa shape index (κ1) is 32.1. The van der Waals surface area contributed by atoms with Crippen LogP contribution in [0.25, 0.3) is 0 Å². The van der Waals surface area contributed by atoms with Crippen molar-refractivity contribution < 1.29 is 54.6 Å². The SMILES string of the molecule is C=C(C)C(=O)O.C=C(C)C(=O)O.O=C(O)c1ccccc1C(=O)O.OCCOCCO. The molecule has 0 radical (unpaired) electrons. The highest BCUT2D eigenvalue weighted by Gasteiger charge is 2.13. The lowest BCUT2D eigenvalue weighted by Crippen LogP contribution is -2.06. The molecule has 0 fully saturated rings. The summed E-state index contributed by atoms with van der Waals surface area (Å²) < 4.78 is 4.63. The monoisotopic (exact) mass is 444 g/mol. The molecule has 0 atom stereocenters. The second kappa shape index (κ2) is 19.8. The number of carbonyl (C=O) groups is 4. The highest BCUT2D eigenvalue weighted by molar-refractivity contribution is 6.01. The van der Waals surface area contributed by atoms with Gasteiger partial charge < -0.3 is 35.4 Å². The molecule has 1 aromatic rings. The van der Waals surface area contributed by atoms with Crippen LogP contribution in [0.1, 0.15) is 34.6 Å². The maximum Gasteiger partial charge on any atom is 0.336 e. The van der Waals surface area contributed by atoms with Crippen molar-refractivity contribution in [2.75, 3.05) is 26.4 Å². The van der Waals surface area contributed by atoms with Crippen molar-refractivity contribution in [3.05, 3.63) is 59.7 Å². The van der Waals surface area contributed by atoms with Crippen LogP contribution in [-0.4, -0.2) is 80.9 Å². The van der Waals surface area contributed by atoms with Gasteiger partial charge in [0.2, 0.25) is 0 Å². The summed E-state index contributed by atoms with van der Waals surface area (Å²) in [7, 11) is 0. The predicted octanol–water partition coefficient (Wildman–Crippen LogP) is 1.36. The molecule has 0 heterocycles. The Morgan fingerprint density at radius 3 is 1.16 bits per heavy atom. The maximum absolute atomic E-state index is 10.5. The zero-order valence-corrected chi connectivity index (χ0v) is 17.3. The van der Waals surface area contributed by atoms with Crippen molar-refractivity contribution in [1.29, 1.82) is 0 Å². The fourth-order valence-electron chi connectivity index (χ4n) is 1.09. The molecule has 0 unspecified atom stereocenters. The Bertz CT molecular complexity index is 653. The quantitative estimate of drug-likeness (QED) is 0.250. The first-order chi connectivity index (χ1) is 14.3. The van der Waals surface area contributed by atoms with Crippen molar-refractivity contribution >= 4 is 23.9 Å². The molecule has 1 rings (SSSR count). The van der Waals surface area contributed by atoms with Crippen molar-refractivity contribution in [2.45, 2.75) is 13.8 Å². The average molecular weight is 444 g/mol. The normalized spacial score (nSPS) is 8.65. The zero-order chi connectivity index (χ0) is 25.0. The topological polar surface area (TPSA) is 199 Å². The Hall–Kier alpha value is -3.54. The van der Waals surface area contributed by atoms with E-state index in [1.54, 1.807) is 0 Å². The van der Waals surface area contributed by atoms with Gasteiger partial charge in [-0.1, -0.05) is 25.3 Å². The molecule has 0 saturated heterocycles. The van der Waals surface area contributed by atoms with Crippen LogP contribution >= 0.6 is 0 Å². The number of carboxylic acid groups (broad SMARTS) is 4. The van der Waals surface area contributed by atoms with E-state index in [2.05, 4.69) is 17.9 Å². The molecule has 0 aliphatic rings. The van der Waals surface area contributed by atoms with Crippen LogP contribution in [0.3, 0.4) is 0 Å². The number of rotatable bonds is 8. The van der Waals surface area contributed by atoms with E-state index in [0.29, 0.717) is 13.2 Å². The third-order valence-corrected chi connectivity index (χ3v) is 2.59. The highest BCUT2D eigenvalue weighted by Crippen LogP contribution is 2.07. The Kier molecular flexibility index (Phi) is 20.5. The lowest BCUT2D eigenvalue weighted by molar-refractivity contribution is -0.133. The van der Waals surface area contributed by atoms with Crippen molar-refractivity contribution in [3.8, 4) is 0 Å². The molecule has 0 aliphatic carbocycles. The summed E-state index contributed by atoms with van der Waals surface area (Å²) in [4.78, 5) is 40.1. The van der Waals surface area contributed by atoms with Gasteiger partial charge in [0.1, 0.15) is 0 Å². The van der Waals surface area contributed by atoms with Crippen LogP contribution in [0.15, 0.2) is 48.6 Å². The van der Waals surface area contributed by atoms with Crippen molar-refractivity contribution in [2.24, 2.45) is 0 Å². The van der Waals surface area contributed by atoms with Crippen LogP contribution in [0.4, 0.5) is 0 Å². The van der Waals surface area contributed by atoms with Crippen LogP contribution < -0.4 is 0 Å². The lowest BCUT2D eigenvalue weighted by Gasteiger charge is -1.98. The average Bonchev–Trinajstić information content (AvgIpc) is 2.69. The smallest absolute Gasteiger partial charge is 0.336 e. The molecule has 0 saturated carbocycles. The van der Waals surface area contributed by atoms with Gasteiger partial charge in [-0.15, -0.1) is 0 Å². The first-order valence-electron chi connectivity index (χ1n) is 8.46. The number of aromatic carboxylic acids is 2. The molecule has 11 nitrogen and oxygen atoms in total. The Balaban J connectivity index is -0.000000359. The number of ether oxygens (including phenoxy) is 1. The Morgan fingerprint density at radius 1 is 0.742 bits per heavy atom. The van der Waals surface area contributed by atoms with Gasteiger partial charge in [0, 0.05) is 11.1 Å². The number of aliphatic hydroxyl groups excluding tert-OH is 2. The van der Waals surface area contributed by atoms with E-state index in [4.69, 9.17) is 30.6 Å². The van der Waals surface area contributed by atoms with Gasteiger partial charge in [-0.05, 0) is 26.0 Å². The lowest BCUT2D eigenvalue weighted by atomic mass is 10.1. The summed E-state index contributed by atoms with van der Waals surface area (Å²) in [5.41, 5.74) is -0.0278. The summed E-state index contributed by atoms with van der Waals surface area (Å²) >= 11 is 0. The van der Waals surface area contributed by atoms with Gasteiger partial charge >= 0.3 is 23.9 Å². The first-order valence-corrected chi connectivity index (χ1v) is 8.46. The molecular formula is C20H28O11. The van der Waals surface area contributed by atoms with E-state index < -0.39 is 23.9 Å². The van der Waals surface area contributed by atoms with Gasteiger partial charge in [0.05, 0.1) is 37.6 Å². The number of hydrogen-bond acceptors (Lipinski definition) is 7. The molecule has 0 amide bonds. The van der Waals surface area contributed by atoms with Gasteiger partial charge in [-0.2, -0.15) is 0 Å². The molecule has 0 spiro atoms. The molecule has 0 aromatic heterocycles. The predicted molar refractivity (Wildman–Crippen MR) is 110 cm³/mol. The third-order valence-electron chi connectivity index (χ3n) is 2.59. The molecule has 11 heteroatoms. The molecule has 0 bridgehead atoms. The van der Waals surface area contributed by atoms with Gasteiger partial charge in [0.25, 0.3) is 0 Å². The number of aliphatic carboxylic acids is 2. The molecule has 31 heavy (non-hydrogen) atoms. The van der Waals surface area contributed by atoms with E-state index in [1.165, 1.54) is 38.1 Å². The van der Waals surface area contributed by atoms with E-state index in [0.717, 1.165) is 0 Å². The molecular weight excluding hydrogens is 416 g/mol. The molecule has 1 aromatic carbocycles. The molecule has 6 N–H and O–H groups in total. The maximum atomic E-state index is 10.5. The summed E-state index contributed by atoms with van der Waals surface area (Å²) in [5.74, 6) is -4.33. The van der Waals surface area contributed by atoms with Crippen LogP contribution in [-0.2, 0) is 14.3 Å². The summed E-state index contributed by atoms with van der Waals surface area (Å²) in [6.07, 6.45) is 0. The Morgan fingerprint density at radius 2 is 1.00 bits per heavy atom. The summed E-state index contributed by atoms with van der Waals surface area (Å²) in [5, 5.41) is 49.1. The largest absolute Gasteiger partial charge is 0.478 e. The van der Waals surface area contributed by atoms with E-state index in [9.17, 15) is 19.2 Å². The van der Waals surface area contributed by atoms with Crippen LogP contribution in [0.5, 0.6) is 0 Å². The second-order valence-corrected chi connectivity index (χ2v) is 5.39. The van der Waals surface area contributed by atoms with Gasteiger partial charge in [-0.25, -0.2) is 19.2 Å². The van der Waals surface area contributed by atoms with Crippen molar-refractivity contribution in [1.82, 2.24) is 0 Å². The minimum atomic E-state index is -1.23. The molecule has 174 valence electrons. The highest BCUT2D eigenvalue weighted by atomic mass is 16.5. The minimum absolute atomic E-state index is 0.0278. The Labute approximate surface area is 179 Å². The number of hydrogen-bond donors (Lipinski definition) is 6. The van der Waals surface area contributed by atoms with Gasteiger partial charge in [-0.3, -0.25) is 0 Å². The summed E-state index contributed by atoms with van der Waals surface area (Å²) in [6.45, 7) is 9.90. The van der Waals surface area contributed by atoms with Gasteiger partial charge in [0.15, 0.2) is 0 Å². The zero-order valence-electron chi connectivity index (χ0n) is 17.3. The number of aliphatic hydroxyl groups is 2. The number of benzene rings is 1.